The van der Waals surface area contributed by atoms with Gasteiger partial charge in [-0.25, -0.2) is 8.42 Å². The van der Waals surface area contributed by atoms with Crippen LogP contribution in [-0.2, 0) is 9.84 Å². The van der Waals surface area contributed by atoms with Gasteiger partial charge in [-0.05, 0) is 57.0 Å². The minimum Gasteiger partial charge on any atom is -0.435 e. The predicted octanol–water partition coefficient (Wildman–Crippen LogP) is 2.04. The monoisotopic (exact) mass is 407 g/mol. The number of ether oxygens (including phenoxy) is 1. The summed E-state index contributed by atoms with van der Waals surface area (Å²) in [4.78, 5) is 3.89. The summed E-state index contributed by atoms with van der Waals surface area (Å²) in [7, 11) is 0.832. The number of halogens is 2. The largest absolute Gasteiger partial charge is 0.435 e. The van der Waals surface area contributed by atoms with Gasteiger partial charge in [-0.1, -0.05) is 0 Å². The Kier molecular flexibility index (Phi) is 7.13. The summed E-state index contributed by atoms with van der Waals surface area (Å²) in [6.45, 7) is -1.56. The highest BCUT2D eigenvalue weighted by Gasteiger charge is 2.33. The van der Waals surface area contributed by atoms with Crippen molar-refractivity contribution in [3.63, 3.8) is 0 Å². The van der Waals surface area contributed by atoms with Gasteiger partial charge in [0.05, 0.1) is 11.5 Å². The van der Waals surface area contributed by atoms with Crippen molar-refractivity contribution in [3.05, 3.63) is 24.3 Å². The fourth-order valence-corrected chi connectivity index (χ4v) is 4.78. The van der Waals surface area contributed by atoms with Crippen LogP contribution in [0.2, 0.25) is 0 Å². The molecule has 6 nitrogen and oxygen atoms in total. The van der Waals surface area contributed by atoms with Crippen molar-refractivity contribution >= 4 is 32.9 Å². The minimum absolute atomic E-state index is 0.0582. The van der Waals surface area contributed by atoms with E-state index in [-0.39, 0.29) is 23.3 Å². The average Bonchev–Trinajstić information content (AvgIpc) is 2.88. The van der Waals surface area contributed by atoms with Crippen LogP contribution in [0.3, 0.4) is 0 Å². The molecule has 1 N–H and O–H groups in total. The molecular weight excluding hydrogens is 384 g/mol. The Morgan fingerprint density at radius 3 is 2.46 bits per heavy atom. The summed E-state index contributed by atoms with van der Waals surface area (Å²) in [5.74, 6) is 0.310. The molecule has 1 fully saturated rings. The fraction of sp³-hybridized carbons (Fsp3) is 0.562. The highest BCUT2D eigenvalue weighted by atomic mass is 32.2. The molecule has 0 spiro atoms. The van der Waals surface area contributed by atoms with E-state index >= 15 is 0 Å². The Morgan fingerprint density at radius 1 is 1.31 bits per heavy atom. The maximum Gasteiger partial charge on any atom is 0.387 e. The smallest absolute Gasteiger partial charge is 0.387 e. The number of anilines is 1. The van der Waals surface area contributed by atoms with Crippen LogP contribution in [0.5, 0.6) is 5.75 Å². The van der Waals surface area contributed by atoms with Crippen molar-refractivity contribution in [2.75, 3.05) is 44.0 Å². The van der Waals surface area contributed by atoms with Crippen LogP contribution < -0.4 is 10.1 Å². The molecule has 0 bridgehead atoms. The summed E-state index contributed by atoms with van der Waals surface area (Å²) in [6, 6.07) is 5.84. The third-order valence-corrected chi connectivity index (χ3v) is 6.12. The maximum absolute atomic E-state index is 12.2. The molecule has 0 saturated carbocycles. The van der Waals surface area contributed by atoms with Crippen molar-refractivity contribution in [3.8, 4) is 5.75 Å². The lowest BCUT2D eigenvalue weighted by molar-refractivity contribution is -0.0498. The second kappa shape index (κ2) is 8.92. The standard InChI is InChI=1S/C16H23F2N3O3S2/c1-20(2)8-9-21(13-7-10-26(22,23)11-13)16(25)19-12-3-5-14(6-4-12)24-15(17)18/h3-6,13,15H,7-11H2,1-2H3,(H,19,25)/t13-/m0/s1. The third kappa shape index (κ3) is 6.33. The number of sulfone groups is 1. The average molecular weight is 408 g/mol. The number of hydrogen-bond donors (Lipinski definition) is 1. The zero-order valence-corrected chi connectivity index (χ0v) is 16.3. The Bertz CT molecular complexity index is 712. The van der Waals surface area contributed by atoms with Gasteiger partial charge in [0.25, 0.3) is 0 Å². The van der Waals surface area contributed by atoms with Crippen LogP contribution in [0.15, 0.2) is 24.3 Å². The van der Waals surface area contributed by atoms with Gasteiger partial charge in [-0.3, -0.25) is 0 Å². The van der Waals surface area contributed by atoms with Crippen molar-refractivity contribution in [2.45, 2.75) is 19.1 Å². The van der Waals surface area contributed by atoms with E-state index in [2.05, 4.69) is 10.1 Å². The number of likely N-dealkylation sites (N-methyl/N-ethyl adjacent to an activating group) is 1. The number of thiocarbonyl (C=S) groups is 1. The minimum atomic E-state index is -3.03. The zero-order chi connectivity index (χ0) is 19.3. The molecule has 2 rings (SSSR count). The first-order valence-electron chi connectivity index (χ1n) is 8.14. The van der Waals surface area contributed by atoms with Crippen LogP contribution in [0.1, 0.15) is 6.42 Å². The van der Waals surface area contributed by atoms with Crippen molar-refractivity contribution in [2.24, 2.45) is 0 Å². The molecule has 1 atom stereocenters. The lowest BCUT2D eigenvalue weighted by Gasteiger charge is -2.32. The molecule has 1 aromatic carbocycles. The van der Waals surface area contributed by atoms with E-state index in [1.807, 2.05) is 23.9 Å². The van der Waals surface area contributed by atoms with Crippen LogP contribution in [-0.4, -0.2) is 74.7 Å². The quantitative estimate of drug-likeness (QED) is 0.694. The molecule has 1 saturated heterocycles. The van der Waals surface area contributed by atoms with E-state index in [1.165, 1.54) is 12.1 Å². The van der Waals surface area contributed by atoms with Gasteiger partial charge in [0, 0.05) is 24.8 Å². The van der Waals surface area contributed by atoms with Gasteiger partial charge in [-0.2, -0.15) is 8.78 Å². The number of alkyl halides is 2. The molecule has 1 aliphatic rings. The second-order valence-corrected chi connectivity index (χ2v) is 9.00. The summed E-state index contributed by atoms with van der Waals surface area (Å²) in [5.41, 5.74) is 0.618. The Morgan fingerprint density at radius 2 is 1.96 bits per heavy atom. The molecule has 1 heterocycles. The summed E-state index contributed by atoms with van der Waals surface area (Å²) in [6.07, 6.45) is 0.540. The van der Waals surface area contributed by atoms with Gasteiger partial charge >= 0.3 is 6.61 Å². The molecule has 146 valence electrons. The normalized spacial score (nSPS) is 18.9. The lowest BCUT2D eigenvalue weighted by Crippen LogP contribution is -2.46. The highest BCUT2D eigenvalue weighted by Crippen LogP contribution is 2.21. The van der Waals surface area contributed by atoms with Gasteiger partial charge in [0.2, 0.25) is 0 Å². The molecule has 10 heteroatoms. The number of rotatable bonds is 7. The van der Waals surface area contributed by atoms with E-state index in [1.54, 1.807) is 12.1 Å². The summed E-state index contributed by atoms with van der Waals surface area (Å²) >= 11 is 5.47. The van der Waals surface area contributed by atoms with Gasteiger partial charge in [-0.15, -0.1) is 0 Å². The molecule has 0 radical (unpaired) electrons. The van der Waals surface area contributed by atoms with E-state index in [0.717, 1.165) is 6.54 Å². The molecular formula is C16H23F2N3O3S2. The number of nitrogens with zero attached hydrogens (tertiary/aromatic N) is 2. The number of hydrogen-bond acceptors (Lipinski definition) is 5. The fourth-order valence-electron chi connectivity index (χ4n) is 2.69. The molecule has 0 aliphatic carbocycles. The molecule has 0 aromatic heterocycles. The Labute approximate surface area is 158 Å². The van der Waals surface area contributed by atoms with Gasteiger partial charge < -0.3 is 19.9 Å². The zero-order valence-electron chi connectivity index (χ0n) is 14.7. The Balaban J connectivity index is 2.05. The van der Waals surface area contributed by atoms with Crippen LogP contribution in [0, 0.1) is 0 Å². The van der Waals surface area contributed by atoms with E-state index in [4.69, 9.17) is 12.2 Å². The highest BCUT2D eigenvalue weighted by molar-refractivity contribution is 7.91. The lowest BCUT2D eigenvalue weighted by atomic mass is 10.2. The molecule has 1 aromatic rings. The third-order valence-electron chi connectivity index (χ3n) is 4.03. The molecule has 0 amide bonds. The van der Waals surface area contributed by atoms with Crippen molar-refractivity contribution in [1.82, 2.24) is 9.80 Å². The van der Waals surface area contributed by atoms with E-state index < -0.39 is 16.4 Å². The van der Waals surface area contributed by atoms with Gasteiger partial charge in [0.15, 0.2) is 14.9 Å². The summed E-state index contributed by atoms with van der Waals surface area (Å²) in [5, 5.41) is 3.46. The molecule has 26 heavy (non-hydrogen) atoms. The van der Waals surface area contributed by atoms with E-state index in [0.29, 0.717) is 23.8 Å². The SMILES string of the molecule is CN(C)CCN(C(=S)Nc1ccc(OC(F)F)cc1)[C@H]1CCS(=O)(=O)C1. The second-order valence-electron chi connectivity index (χ2n) is 6.39. The first-order chi connectivity index (χ1) is 12.2. The van der Waals surface area contributed by atoms with Crippen LogP contribution in [0.25, 0.3) is 0 Å². The number of nitrogens with one attached hydrogen (secondary N) is 1. The predicted molar refractivity (Wildman–Crippen MR) is 102 cm³/mol. The topological polar surface area (TPSA) is 61.9 Å². The first kappa shape index (κ1) is 20.8. The first-order valence-corrected chi connectivity index (χ1v) is 10.4. The molecule has 0 unspecified atom stereocenters. The maximum atomic E-state index is 12.2. The number of benzene rings is 1. The van der Waals surface area contributed by atoms with Crippen molar-refractivity contribution in [1.29, 1.82) is 0 Å². The molecule has 1 aliphatic heterocycles. The van der Waals surface area contributed by atoms with Gasteiger partial charge in [0.1, 0.15) is 5.75 Å². The van der Waals surface area contributed by atoms with Crippen LogP contribution in [0.4, 0.5) is 14.5 Å². The van der Waals surface area contributed by atoms with Crippen molar-refractivity contribution < 1.29 is 21.9 Å². The van der Waals surface area contributed by atoms with E-state index in [9.17, 15) is 17.2 Å². The van der Waals surface area contributed by atoms with Crippen LogP contribution >= 0.6 is 12.2 Å². The Hall–Kier alpha value is -1.52. The summed E-state index contributed by atoms with van der Waals surface area (Å²) < 4.78 is 52.4.